The Morgan fingerprint density at radius 3 is 2.80 bits per heavy atom. The van der Waals surface area contributed by atoms with Gasteiger partial charge in [0.25, 0.3) is 11.8 Å². The first-order valence-corrected chi connectivity index (χ1v) is 6.74. The molecule has 0 bridgehead atoms. The number of amides is 2. The summed E-state index contributed by atoms with van der Waals surface area (Å²) < 4.78 is 2.33. The summed E-state index contributed by atoms with van der Waals surface area (Å²) >= 11 is 3.30. The third-order valence-electron chi connectivity index (χ3n) is 2.65. The highest BCUT2D eigenvalue weighted by Crippen LogP contribution is 2.17. The largest absolute Gasteiger partial charge is 0.364 e. The van der Waals surface area contributed by atoms with Crippen LogP contribution in [0.4, 0.5) is 5.69 Å². The predicted molar refractivity (Wildman–Crippen MR) is 78.5 cm³/mol. The number of carbonyl (C=O) groups is 2. The Labute approximate surface area is 124 Å². The number of carbonyl (C=O) groups excluding carboxylic acids is 2. The van der Waals surface area contributed by atoms with Crippen molar-refractivity contribution in [3.63, 3.8) is 0 Å². The van der Waals surface area contributed by atoms with Gasteiger partial charge in [0.15, 0.2) is 5.69 Å². The second-order valence-corrected chi connectivity index (χ2v) is 4.99. The second kappa shape index (κ2) is 5.87. The van der Waals surface area contributed by atoms with Gasteiger partial charge in [0.2, 0.25) is 0 Å². The Morgan fingerprint density at radius 1 is 1.45 bits per heavy atom. The van der Waals surface area contributed by atoms with Gasteiger partial charge in [-0.1, -0.05) is 22.0 Å². The van der Waals surface area contributed by atoms with Crippen molar-refractivity contribution < 1.29 is 9.59 Å². The first-order chi connectivity index (χ1) is 9.51. The van der Waals surface area contributed by atoms with Gasteiger partial charge in [0.1, 0.15) is 0 Å². The number of aromatic nitrogens is 2. The molecular weight excluding hydrogens is 324 g/mol. The van der Waals surface area contributed by atoms with E-state index in [0.717, 1.165) is 4.47 Å². The lowest BCUT2D eigenvalue weighted by Crippen LogP contribution is -2.17. The molecule has 1 aromatic carbocycles. The van der Waals surface area contributed by atoms with E-state index in [1.807, 2.05) is 13.0 Å². The molecule has 0 aliphatic rings. The molecule has 0 saturated heterocycles. The van der Waals surface area contributed by atoms with Crippen LogP contribution in [0.15, 0.2) is 34.9 Å². The molecule has 3 N–H and O–H groups in total. The number of halogens is 1. The molecule has 7 heteroatoms. The van der Waals surface area contributed by atoms with Crippen molar-refractivity contribution in [2.24, 2.45) is 5.73 Å². The summed E-state index contributed by atoms with van der Waals surface area (Å²) in [4.78, 5) is 23.4. The van der Waals surface area contributed by atoms with Crippen LogP contribution in [0.3, 0.4) is 0 Å². The van der Waals surface area contributed by atoms with Gasteiger partial charge < -0.3 is 11.1 Å². The molecule has 0 unspecified atom stereocenters. The lowest BCUT2D eigenvalue weighted by Gasteiger charge is -2.04. The minimum Gasteiger partial charge on any atom is -0.364 e. The van der Waals surface area contributed by atoms with E-state index < -0.39 is 5.91 Å². The minimum atomic E-state index is -0.679. The SMILES string of the molecule is CCn1cc(NC(=O)c2cccc(Br)c2)c(C(N)=O)n1. The first kappa shape index (κ1) is 14.3. The summed E-state index contributed by atoms with van der Waals surface area (Å²) in [5, 5.41) is 6.66. The third kappa shape index (κ3) is 3.05. The molecular formula is C13H13BrN4O2. The van der Waals surface area contributed by atoms with Crippen molar-refractivity contribution in [2.45, 2.75) is 13.5 Å². The predicted octanol–water partition coefficient (Wildman–Crippen LogP) is 2.02. The molecule has 0 saturated carbocycles. The molecule has 1 heterocycles. The Balaban J connectivity index is 2.27. The van der Waals surface area contributed by atoms with E-state index in [0.29, 0.717) is 17.8 Å². The van der Waals surface area contributed by atoms with Gasteiger partial charge in [-0.2, -0.15) is 5.10 Å². The molecule has 0 fully saturated rings. The fourth-order valence-corrected chi connectivity index (χ4v) is 2.08. The standard InChI is InChI=1S/C13H13BrN4O2/c1-2-18-7-10(11(17-18)12(15)19)16-13(20)8-4-3-5-9(14)6-8/h3-7H,2H2,1H3,(H2,15,19)(H,16,20). The average molecular weight is 337 g/mol. The number of anilines is 1. The number of benzene rings is 1. The average Bonchev–Trinajstić information content (AvgIpc) is 2.82. The highest BCUT2D eigenvalue weighted by Gasteiger charge is 2.16. The Morgan fingerprint density at radius 2 is 2.20 bits per heavy atom. The zero-order valence-electron chi connectivity index (χ0n) is 10.8. The molecule has 20 heavy (non-hydrogen) atoms. The van der Waals surface area contributed by atoms with Crippen molar-refractivity contribution >= 4 is 33.4 Å². The highest BCUT2D eigenvalue weighted by molar-refractivity contribution is 9.10. The summed E-state index contributed by atoms with van der Waals surface area (Å²) in [5.41, 5.74) is 6.08. The van der Waals surface area contributed by atoms with Crippen LogP contribution in [-0.2, 0) is 6.54 Å². The van der Waals surface area contributed by atoms with Gasteiger partial charge in [0.05, 0.1) is 5.69 Å². The monoisotopic (exact) mass is 336 g/mol. The van der Waals surface area contributed by atoms with Gasteiger partial charge >= 0.3 is 0 Å². The van der Waals surface area contributed by atoms with Crippen molar-refractivity contribution in [1.29, 1.82) is 0 Å². The van der Waals surface area contributed by atoms with Gasteiger partial charge in [-0.25, -0.2) is 0 Å². The van der Waals surface area contributed by atoms with Crippen LogP contribution < -0.4 is 11.1 Å². The van der Waals surface area contributed by atoms with Crippen LogP contribution in [-0.4, -0.2) is 21.6 Å². The summed E-state index contributed by atoms with van der Waals surface area (Å²) in [7, 11) is 0. The smallest absolute Gasteiger partial charge is 0.271 e. The van der Waals surface area contributed by atoms with Gasteiger partial charge in [-0.05, 0) is 25.1 Å². The van der Waals surface area contributed by atoms with Crippen molar-refractivity contribution in [1.82, 2.24) is 9.78 Å². The van der Waals surface area contributed by atoms with Crippen LogP contribution in [0.1, 0.15) is 27.8 Å². The van der Waals surface area contributed by atoms with Crippen LogP contribution in [0.25, 0.3) is 0 Å². The van der Waals surface area contributed by atoms with E-state index >= 15 is 0 Å². The van der Waals surface area contributed by atoms with Crippen LogP contribution in [0.2, 0.25) is 0 Å². The van der Waals surface area contributed by atoms with Crippen LogP contribution in [0.5, 0.6) is 0 Å². The lowest BCUT2D eigenvalue weighted by molar-refractivity contribution is 0.0995. The first-order valence-electron chi connectivity index (χ1n) is 5.95. The number of hydrogen-bond acceptors (Lipinski definition) is 3. The number of nitrogens with one attached hydrogen (secondary N) is 1. The van der Waals surface area contributed by atoms with E-state index in [4.69, 9.17) is 5.73 Å². The molecule has 0 spiro atoms. The number of rotatable bonds is 4. The number of nitrogens with zero attached hydrogens (tertiary/aromatic N) is 2. The summed E-state index contributed by atoms with van der Waals surface area (Å²) in [5.74, 6) is -1.01. The molecule has 104 valence electrons. The van der Waals surface area contributed by atoms with Crippen LogP contribution in [0, 0.1) is 0 Å². The quantitative estimate of drug-likeness (QED) is 0.894. The van der Waals surface area contributed by atoms with Gasteiger partial charge in [-0.3, -0.25) is 14.3 Å². The zero-order chi connectivity index (χ0) is 14.7. The number of aryl methyl sites for hydroxylation is 1. The van der Waals surface area contributed by atoms with Crippen molar-refractivity contribution in [3.05, 3.63) is 46.2 Å². The maximum atomic E-state index is 12.1. The Kier molecular flexibility index (Phi) is 4.19. The highest BCUT2D eigenvalue weighted by atomic mass is 79.9. The van der Waals surface area contributed by atoms with E-state index in [9.17, 15) is 9.59 Å². The maximum absolute atomic E-state index is 12.1. The van der Waals surface area contributed by atoms with E-state index in [1.54, 1.807) is 24.4 Å². The molecule has 0 radical (unpaired) electrons. The molecule has 0 aliphatic heterocycles. The summed E-state index contributed by atoms with van der Waals surface area (Å²) in [6, 6.07) is 6.93. The Hall–Kier alpha value is -2.15. The minimum absolute atomic E-state index is 0.0511. The summed E-state index contributed by atoms with van der Waals surface area (Å²) in [6.07, 6.45) is 1.58. The van der Waals surface area contributed by atoms with Gasteiger partial charge in [0, 0.05) is 22.8 Å². The molecule has 0 aliphatic carbocycles. The molecule has 6 nitrogen and oxygen atoms in total. The normalized spacial score (nSPS) is 10.3. The van der Waals surface area contributed by atoms with Gasteiger partial charge in [-0.15, -0.1) is 0 Å². The summed E-state index contributed by atoms with van der Waals surface area (Å²) in [6.45, 7) is 2.45. The molecule has 0 atom stereocenters. The number of nitrogens with two attached hydrogens (primary N) is 1. The fourth-order valence-electron chi connectivity index (χ4n) is 1.68. The fraction of sp³-hybridized carbons (Fsp3) is 0.154. The topological polar surface area (TPSA) is 90.0 Å². The molecule has 2 amide bonds. The lowest BCUT2D eigenvalue weighted by atomic mass is 10.2. The Bertz CT molecular complexity index is 666. The van der Waals surface area contributed by atoms with E-state index in [1.165, 1.54) is 4.68 Å². The van der Waals surface area contributed by atoms with E-state index in [-0.39, 0.29) is 11.6 Å². The van der Waals surface area contributed by atoms with E-state index in [2.05, 4.69) is 26.3 Å². The third-order valence-corrected chi connectivity index (χ3v) is 3.15. The number of primary amides is 1. The molecule has 2 rings (SSSR count). The number of hydrogen-bond donors (Lipinski definition) is 2. The molecule has 2 aromatic rings. The molecule has 1 aromatic heterocycles. The maximum Gasteiger partial charge on any atom is 0.271 e. The second-order valence-electron chi connectivity index (χ2n) is 4.08. The van der Waals surface area contributed by atoms with Crippen molar-refractivity contribution in [2.75, 3.05) is 5.32 Å². The van der Waals surface area contributed by atoms with Crippen LogP contribution >= 0.6 is 15.9 Å². The zero-order valence-corrected chi connectivity index (χ0v) is 12.3. The van der Waals surface area contributed by atoms with Crippen molar-refractivity contribution in [3.8, 4) is 0 Å².